The van der Waals surface area contributed by atoms with Crippen LogP contribution in [0.15, 0.2) is 0 Å². The summed E-state index contributed by atoms with van der Waals surface area (Å²) in [5.74, 6) is 0.158. The van der Waals surface area contributed by atoms with E-state index in [1.165, 1.54) is 11.3 Å². The Morgan fingerprint density at radius 3 is 2.90 bits per heavy atom. The maximum Gasteiger partial charge on any atom is 0.413 e. The molecule has 0 bridgehead atoms. The van der Waals surface area contributed by atoms with Gasteiger partial charge >= 0.3 is 6.09 Å². The number of carbonyl (C=O) groups is 2. The van der Waals surface area contributed by atoms with Crippen molar-refractivity contribution in [2.45, 2.75) is 33.7 Å². The van der Waals surface area contributed by atoms with Gasteiger partial charge in [0.15, 0.2) is 5.13 Å². The molecule has 0 radical (unpaired) electrons. The molecule has 1 aliphatic heterocycles. The SMILES string of the molecule is CCOC(=O)Nc1nc2c(s1)CN(C(=O)C(C)C)CC2. The Bertz CT molecular complexity index is 513. The maximum atomic E-state index is 12.0. The summed E-state index contributed by atoms with van der Waals surface area (Å²) in [6.07, 6.45) is 0.239. The van der Waals surface area contributed by atoms with E-state index in [1.54, 1.807) is 6.92 Å². The summed E-state index contributed by atoms with van der Waals surface area (Å²) in [6.45, 7) is 7.15. The van der Waals surface area contributed by atoms with E-state index in [1.807, 2.05) is 18.7 Å². The first-order chi connectivity index (χ1) is 9.51. The highest BCUT2D eigenvalue weighted by Crippen LogP contribution is 2.28. The van der Waals surface area contributed by atoms with Crippen molar-refractivity contribution in [3.8, 4) is 0 Å². The number of carbonyl (C=O) groups excluding carboxylic acids is 2. The number of ether oxygens (including phenoxy) is 1. The van der Waals surface area contributed by atoms with Crippen LogP contribution in [0.1, 0.15) is 31.3 Å². The van der Waals surface area contributed by atoms with E-state index < -0.39 is 6.09 Å². The predicted molar refractivity (Wildman–Crippen MR) is 76.7 cm³/mol. The van der Waals surface area contributed by atoms with E-state index in [4.69, 9.17) is 4.74 Å². The predicted octanol–water partition coefficient (Wildman–Crippen LogP) is 2.25. The molecule has 0 aromatic carbocycles. The van der Waals surface area contributed by atoms with Crippen LogP contribution in [0, 0.1) is 5.92 Å². The van der Waals surface area contributed by atoms with Crippen molar-refractivity contribution < 1.29 is 14.3 Å². The monoisotopic (exact) mass is 297 g/mol. The Morgan fingerprint density at radius 1 is 1.50 bits per heavy atom. The molecule has 2 amide bonds. The highest BCUT2D eigenvalue weighted by Gasteiger charge is 2.25. The first-order valence-corrected chi connectivity index (χ1v) is 7.54. The molecule has 20 heavy (non-hydrogen) atoms. The van der Waals surface area contributed by atoms with E-state index >= 15 is 0 Å². The highest BCUT2D eigenvalue weighted by molar-refractivity contribution is 7.15. The Balaban J connectivity index is 2.04. The standard InChI is InChI=1S/C13H19N3O3S/c1-4-19-13(18)15-12-14-9-5-6-16(7-10(9)20-12)11(17)8(2)3/h8H,4-7H2,1-3H3,(H,14,15,18). The lowest BCUT2D eigenvalue weighted by Gasteiger charge is -2.27. The van der Waals surface area contributed by atoms with E-state index in [9.17, 15) is 9.59 Å². The number of thiazole rings is 1. The Kier molecular flexibility index (Phi) is 4.59. The number of anilines is 1. The molecule has 1 N–H and O–H groups in total. The third-order valence-corrected chi connectivity index (χ3v) is 4.02. The first kappa shape index (κ1) is 14.8. The molecule has 1 aliphatic rings. The molecular weight excluding hydrogens is 278 g/mol. The second-order valence-corrected chi connectivity index (χ2v) is 5.98. The molecule has 1 aromatic heterocycles. The van der Waals surface area contributed by atoms with Crippen molar-refractivity contribution >= 4 is 28.5 Å². The molecule has 0 saturated carbocycles. The number of aromatic nitrogens is 1. The van der Waals surface area contributed by atoms with Gasteiger partial charge in [-0.3, -0.25) is 10.1 Å². The average molecular weight is 297 g/mol. The third-order valence-electron chi connectivity index (χ3n) is 3.02. The van der Waals surface area contributed by atoms with Crippen LogP contribution in [-0.2, 0) is 22.5 Å². The molecule has 0 atom stereocenters. The van der Waals surface area contributed by atoms with Gasteiger partial charge in [0.25, 0.3) is 0 Å². The summed E-state index contributed by atoms with van der Waals surface area (Å²) in [6, 6.07) is 0. The fourth-order valence-corrected chi connectivity index (χ4v) is 3.07. The van der Waals surface area contributed by atoms with Gasteiger partial charge in [0.1, 0.15) is 0 Å². The lowest BCUT2D eigenvalue weighted by Crippen LogP contribution is -2.37. The number of nitrogens with zero attached hydrogens (tertiary/aromatic N) is 2. The van der Waals surface area contributed by atoms with Crippen LogP contribution >= 0.6 is 11.3 Å². The van der Waals surface area contributed by atoms with Crippen LogP contribution < -0.4 is 5.32 Å². The van der Waals surface area contributed by atoms with Gasteiger partial charge in [-0.15, -0.1) is 0 Å². The van der Waals surface area contributed by atoms with Gasteiger partial charge in [0.2, 0.25) is 5.91 Å². The molecule has 110 valence electrons. The summed E-state index contributed by atoms with van der Waals surface area (Å²) in [5.41, 5.74) is 0.967. The molecule has 0 saturated heterocycles. The van der Waals surface area contributed by atoms with E-state index in [0.29, 0.717) is 24.8 Å². The number of hydrogen-bond acceptors (Lipinski definition) is 5. The van der Waals surface area contributed by atoms with Crippen LogP contribution in [0.4, 0.5) is 9.93 Å². The van der Waals surface area contributed by atoms with Crippen molar-refractivity contribution in [1.29, 1.82) is 0 Å². The normalized spacial score (nSPS) is 14.1. The van der Waals surface area contributed by atoms with Gasteiger partial charge in [-0.05, 0) is 6.92 Å². The largest absolute Gasteiger partial charge is 0.450 e. The summed E-state index contributed by atoms with van der Waals surface area (Å²) in [5, 5.41) is 3.14. The lowest BCUT2D eigenvalue weighted by atomic mass is 10.1. The van der Waals surface area contributed by atoms with Crippen molar-refractivity contribution in [3.05, 3.63) is 10.6 Å². The Labute approximate surface area is 122 Å². The highest BCUT2D eigenvalue weighted by atomic mass is 32.1. The van der Waals surface area contributed by atoms with Crippen molar-refractivity contribution in [1.82, 2.24) is 9.88 Å². The molecule has 0 aliphatic carbocycles. The molecule has 0 spiro atoms. The maximum absolute atomic E-state index is 12.0. The topological polar surface area (TPSA) is 71.5 Å². The van der Waals surface area contributed by atoms with Gasteiger partial charge in [-0.2, -0.15) is 0 Å². The summed E-state index contributed by atoms with van der Waals surface area (Å²) in [7, 11) is 0. The van der Waals surface area contributed by atoms with E-state index in [2.05, 4.69) is 10.3 Å². The fourth-order valence-electron chi connectivity index (χ4n) is 2.06. The number of hydrogen-bond donors (Lipinski definition) is 1. The second-order valence-electron chi connectivity index (χ2n) is 4.90. The first-order valence-electron chi connectivity index (χ1n) is 6.72. The van der Waals surface area contributed by atoms with Crippen molar-refractivity contribution in [2.75, 3.05) is 18.5 Å². The minimum Gasteiger partial charge on any atom is -0.450 e. The number of nitrogens with one attached hydrogen (secondary N) is 1. The number of amides is 2. The Morgan fingerprint density at radius 2 is 2.25 bits per heavy atom. The molecule has 6 nitrogen and oxygen atoms in total. The third kappa shape index (κ3) is 3.27. The van der Waals surface area contributed by atoms with Gasteiger partial charge < -0.3 is 9.64 Å². The van der Waals surface area contributed by atoms with Crippen molar-refractivity contribution in [2.24, 2.45) is 5.92 Å². The van der Waals surface area contributed by atoms with E-state index in [0.717, 1.165) is 17.0 Å². The van der Waals surface area contributed by atoms with Gasteiger partial charge in [0.05, 0.1) is 18.8 Å². The molecule has 0 fully saturated rings. The number of fused-ring (bicyclic) bond motifs is 1. The average Bonchev–Trinajstić information content (AvgIpc) is 2.78. The van der Waals surface area contributed by atoms with Gasteiger partial charge in [-0.1, -0.05) is 25.2 Å². The number of rotatable bonds is 3. The van der Waals surface area contributed by atoms with E-state index in [-0.39, 0.29) is 11.8 Å². The molecule has 1 aromatic rings. The molecule has 0 unspecified atom stereocenters. The van der Waals surface area contributed by atoms with Crippen LogP contribution in [0.3, 0.4) is 0 Å². The molecular formula is C13H19N3O3S. The molecule has 2 rings (SSSR count). The van der Waals surface area contributed by atoms with Crippen LogP contribution in [0.5, 0.6) is 0 Å². The van der Waals surface area contributed by atoms with Crippen LogP contribution in [0.25, 0.3) is 0 Å². The molecule has 2 heterocycles. The minimum atomic E-state index is -0.492. The van der Waals surface area contributed by atoms with Crippen molar-refractivity contribution in [3.63, 3.8) is 0 Å². The quantitative estimate of drug-likeness (QED) is 0.929. The zero-order valence-corrected chi connectivity index (χ0v) is 12.7. The smallest absolute Gasteiger partial charge is 0.413 e. The zero-order valence-electron chi connectivity index (χ0n) is 11.9. The van der Waals surface area contributed by atoms with Crippen LogP contribution in [-0.4, -0.2) is 35.0 Å². The Hall–Kier alpha value is -1.63. The van der Waals surface area contributed by atoms with Crippen LogP contribution in [0.2, 0.25) is 0 Å². The minimum absolute atomic E-state index is 0.00148. The van der Waals surface area contributed by atoms with Gasteiger partial charge in [-0.25, -0.2) is 9.78 Å². The summed E-state index contributed by atoms with van der Waals surface area (Å²) < 4.78 is 4.82. The summed E-state index contributed by atoms with van der Waals surface area (Å²) >= 11 is 1.41. The lowest BCUT2D eigenvalue weighted by molar-refractivity contribution is -0.135. The summed E-state index contributed by atoms with van der Waals surface area (Å²) in [4.78, 5) is 30.6. The fraction of sp³-hybridized carbons (Fsp3) is 0.615. The molecule has 7 heteroatoms. The zero-order chi connectivity index (χ0) is 14.7. The second kappa shape index (κ2) is 6.21. The van der Waals surface area contributed by atoms with Gasteiger partial charge in [0, 0.05) is 23.8 Å².